The summed E-state index contributed by atoms with van der Waals surface area (Å²) >= 11 is 6.20. The number of benzene rings is 1. The van der Waals surface area contributed by atoms with Crippen LogP contribution in [-0.4, -0.2) is 42.6 Å². The number of ether oxygens (including phenoxy) is 1. The van der Waals surface area contributed by atoms with Crippen LogP contribution in [0.4, 0.5) is 5.69 Å². The second kappa shape index (κ2) is 7.26. The SMILES string of the molecule is CC#C[C@H](C)Oc1cc(N)c(Cl)cc1C(=O)NC1C2CC3CC1CN(C3)C2. The van der Waals surface area contributed by atoms with Gasteiger partial charge in [0.2, 0.25) is 0 Å². The van der Waals surface area contributed by atoms with Gasteiger partial charge in [0.05, 0.1) is 16.3 Å². The highest BCUT2D eigenvalue weighted by molar-refractivity contribution is 6.33. The Morgan fingerprint density at radius 2 is 2.04 bits per heavy atom. The van der Waals surface area contributed by atoms with Gasteiger partial charge in [0, 0.05) is 31.7 Å². The van der Waals surface area contributed by atoms with Crippen LogP contribution in [0.2, 0.25) is 5.02 Å². The summed E-state index contributed by atoms with van der Waals surface area (Å²) in [6.45, 7) is 7.01. The molecule has 2 unspecified atom stereocenters. The minimum absolute atomic E-state index is 0.143. The number of piperidine rings is 3. The minimum Gasteiger partial charge on any atom is -0.477 e. The molecule has 3 N–H and O–H groups in total. The molecule has 3 atom stereocenters. The van der Waals surface area contributed by atoms with Crippen LogP contribution in [-0.2, 0) is 0 Å². The molecule has 4 aliphatic rings. The summed E-state index contributed by atoms with van der Waals surface area (Å²) in [6.07, 6.45) is 2.09. The zero-order chi connectivity index (χ0) is 19.1. The molecule has 5 nitrogen and oxygen atoms in total. The number of carbonyl (C=O) groups is 1. The average molecular weight is 388 g/mol. The number of nitrogens with zero attached hydrogens (tertiary/aromatic N) is 1. The molecule has 1 saturated carbocycles. The van der Waals surface area contributed by atoms with Gasteiger partial charge < -0.3 is 20.7 Å². The Balaban J connectivity index is 1.56. The number of halogens is 1. The van der Waals surface area contributed by atoms with Gasteiger partial charge in [0.15, 0.2) is 6.10 Å². The van der Waals surface area contributed by atoms with Gasteiger partial charge in [-0.05, 0) is 50.5 Å². The molecule has 0 spiro atoms. The van der Waals surface area contributed by atoms with Crippen molar-refractivity contribution in [2.45, 2.75) is 38.8 Å². The Labute approximate surface area is 165 Å². The van der Waals surface area contributed by atoms with Crippen molar-refractivity contribution in [1.82, 2.24) is 10.2 Å². The number of anilines is 1. The van der Waals surface area contributed by atoms with Crippen LogP contribution in [0, 0.1) is 29.6 Å². The number of nitrogen functional groups attached to an aromatic ring is 1. The van der Waals surface area contributed by atoms with Crippen LogP contribution in [0.5, 0.6) is 5.75 Å². The normalized spacial score (nSPS) is 31.7. The highest BCUT2D eigenvalue weighted by atomic mass is 35.5. The molecule has 0 radical (unpaired) electrons. The molecule has 27 heavy (non-hydrogen) atoms. The molecule has 0 aromatic heterocycles. The molecule has 6 heteroatoms. The van der Waals surface area contributed by atoms with E-state index in [-0.39, 0.29) is 18.1 Å². The third-order valence-electron chi connectivity index (χ3n) is 6.08. The van der Waals surface area contributed by atoms with Crippen molar-refractivity contribution < 1.29 is 9.53 Å². The minimum atomic E-state index is -0.337. The van der Waals surface area contributed by atoms with E-state index in [4.69, 9.17) is 22.1 Å². The molecule has 3 saturated heterocycles. The van der Waals surface area contributed by atoms with Crippen LogP contribution in [0.1, 0.15) is 37.0 Å². The lowest BCUT2D eigenvalue weighted by molar-refractivity contribution is -0.0419. The second-order valence-electron chi connectivity index (χ2n) is 8.10. The van der Waals surface area contributed by atoms with E-state index >= 15 is 0 Å². The van der Waals surface area contributed by atoms with E-state index in [1.54, 1.807) is 19.1 Å². The fraction of sp³-hybridized carbons (Fsp3) is 0.571. The second-order valence-corrected chi connectivity index (χ2v) is 8.51. The van der Waals surface area contributed by atoms with Crippen LogP contribution in [0.15, 0.2) is 12.1 Å². The van der Waals surface area contributed by atoms with Crippen molar-refractivity contribution in [3.8, 4) is 17.6 Å². The van der Waals surface area contributed by atoms with Gasteiger partial charge in [-0.2, -0.15) is 0 Å². The third kappa shape index (κ3) is 3.61. The van der Waals surface area contributed by atoms with E-state index < -0.39 is 0 Å². The van der Waals surface area contributed by atoms with Crippen molar-refractivity contribution >= 4 is 23.2 Å². The van der Waals surface area contributed by atoms with E-state index in [0.29, 0.717) is 33.9 Å². The molecule has 1 aliphatic carbocycles. The molecule has 1 amide bonds. The summed E-state index contributed by atoms with van der Waals surface area (Å²) in [7, 11) is 0. The van der Waals surface area contributed by atoms with E-state index in [0.717, 1.165) is 19.0 Å². The Kier molecular flexibility index (Phi) is 4.96. The first-order valence-electron chi connectivity index (χ1n) is 9.65. The van der Waals surface area contributed by atoms with E-state index in [2.05, 4.69) is 22.1 Å². The van der Waals surface area contributed by atoms with Gasteiger partial charge in [-0.1, -0.05) is 17.5 Å². The third-order valence-corrected chi connectivity index (χ3v) is 6.41. The average Bonchev–Trinajstić information content (AvgIpc) is 2.60. The molecule has 1 aromatic carbocycles. The quantitative estimate of drug-likeness (QED) is 0.615. The van der Waals surface area contributed by atoms with Crippen molar-refractivity contribution in [2.75, 3.05) is 25.4 Å². The smallest absolute Gasteiger partial charge is 0.255 e. The molecule has 4 bridgehead atoms. The van der Waals surface area contributed by atoms with Gasteiger partial charge in [0.25, 0.3) is 5.91 Å². The van der Waals surface area contributed by atoms with Gasteiger partial charge in [-0.15, -0.1) is 5.92 Å². The van der Waals surface area contributed by atoms with E-state index in [1.807, 2.05) is 6.92 Å². The lowest BCUT2D eigenvalue weighted by Gasteiger charge is -2.55. The Morgan fingerprint density at radius 1 is 1.33 bits per heavy atom. The predicted octanol–water partition coefficient (Wildman–Crippen LogP) is 2.78. The summed E-state index contributed by atoms with van der Waals surface area (Å²) in [4.78, 5) is 15.7. The molecule has 1 aromatic rings. The summed E-state index contributed by atoms with van der Waals surface area (Å²) < 4.78 is 5.87. The molecule has 4 fully saturated rings. The zero-order valence-corrected chi connectivity index (χ0v) is 16.6. The fourth-order valence-electron chi connectivity index (χ4n) is 5.14. The zero-order valence-electron chi connectivity index (χ0n) is 15.8. The highest BCUT2D eigenvalue weighted by Gasteiger charge is 2.48. The van der Waals surface area contributed by atoms with Crippen LogP contribution < -0.4 is 15.8 Å². The van der Waals surface area contributed by atoms with Gasteiger partial charge >= 0.3 is 0 Å². The molecule has 5 rings (SSSR count). The maximum atomic E-state index is 13.1. The standard InChI is InChI=1S/C21H26ClN3O2/c1-3-4-12(2)27-19-8-18(23)17(22)7-16(19)21(26)24-20-14-5-13-6-15(20)11-25(9-13)10-14/h7-8,12-15,20H,5-6,9-11,23H2,1-2H3,(H,24,26)/t12-,13?,14?,15?,20?/m0/s1. The van der Waals surface area contributed by atoms with Gasteiger partial charge in [0.1, 0.15) is 5.75 Å². The maximum Gasteiger partial charge on any atom is 0.255 e. The number of hydrogen-bond donors (Lipinski definition) is 2. The number of nitrogens with one attached hydrogen (secondary N) is 1. The lowest BCUT2D eigenvalue weighted by atomic mass is 9.65. The number of hydrogen-bond acceptors (Lipinski definition) is 4. The molecule has 3 aliphatic heterocycles. The Hall–Kier alpha value is -1.90. The van der Waals surface area contributed by atoms with Crippen molar-refractivity contribution in [2.24, 2.45) is 17.8 Å². The monoisotopic (exact) mass is 387 g/mol. The first-order valence-corrected chi connectivity index (χ1v) is 10.0. The molecule has 3 heterocycles. The van der Waals surface area contributed by atoms with Crippen LogP contribution in [0.3, 0.4) is 0 Å². The lowest BCUT2D eigenvalue weighted by Crippen LogP contribution is -2.64. The van der Waals surface area contributed by atoms with Crippen molar-refractivity contribution in [3.63, 3.8) is 0 Å². The Morgan fingerprint density at radius 3 is 2.67 bits per heavy atom. The summed E-state index contributed by atoms with van der Waals surface area (Å²) in [5.41, 5.74) is 6.75. The van der Waals surface area contributed by atoms with Crippen molar-refractivity contribution in [3.05, 3.63) is 22.7 Å². The first-order chi connectivity index (χ1) is 12.9. The number of rotatable bonds is 4. The topological polar surface area (TPSA) is 67.6 Å². The number of nitrogens with two attached hydrogens (primary N) is 1. The first kappa shape index (κ1) is 18.5. The van der Waals surface area contributed by atoms with E-state index in [1.165, 1.54) is 19.4 Å². The molecular formula is C21H26ClN3O2. The largest absolute Gasteiger partial charge is 0.477 e. The molecule has 144 valence electrons. The Bertz CT molecular complexity index is 786. The van der Waals surface area contributed by atoms with Gasteiger partial charge in [-0.25, -0.2) is 0 Å². The number of amides is 1. The van der Waals surface area contributed by atoms with Gasteiger partial charge in [-0.3, -0.25) is 4.79 Å². The summed E-state index contributed by atoms with van der Waals surface area (Å²) in [5.74, 6) is 7.93. The maximum absolute atomic E-state index is 13.1. The van der Waals surface area contributed by atoms with Crippen LogP contribution in [0.25, 0.3) is 0 Å². The fourth-order valence-corrected chi connectivity index (χ4v) is 5.30. The van der Waals surface area contributed by atoms with E-state index in [9.17, 15) is 4.79 Å². The van der Waals surface area contributed by atoms with Crippen molar-refractivity contribution in [1.29, 1.82) is 0 Å². The summed E-state index contributed by atoms with van der Waals surface area (Å²) in [6, 6.07) is 3.45. The van der Waals surface area contributed by atoms with Crippen LogP contribution >= 0.6 is 11.6 Å². The predicted molar refractivity (Wildman–Crippen MR) is 107 cm³/mol. The molecular weight excluding hydrogens is 362 g/mol. The highest BCUT2D eigenvalue weighted by Crippen LogP contribution is 2.43. The number of carbonyl (C=O) groups excluding carboxylic acids is 1. The summed E-state index contributed by atoms with van der Waals surface area (Å²) in [5, 5.41) is 3.65.